The summed E-state index contributed by atoms with van der Waals surface area (Å²) in [4.78, 5) is 1.04. The second-order valence-corrected chi connectivity index (χ2v) is 4.60. The Balaban J connectivity index is 2.93. The van der Waals surface area contributed by atoms with Crippen molar-refractivity contribution in [2.45, 2.75) is 13.8 Å². The highest BCUT2D eigenvalue weighted by atomic mass is 32.1. The van der Waals surface area contributed by atoms with E-state index in [0.717, 1.165) is 11.0 Å². The van der Waals surface area contributed by atoms with Gasteiger partial charge >= 0.3 is 0 Å². The molecule has 0 aromatic heterocycles. The third kappa shape index (κ3) is 2.59. The maximum absolute atomic E-state index is 5.44. The minimum atomic E-state index is 0.0986. The number of benzene rings is 1. The Morgan fingerprint density at radius 1 is 1.31 bits per heavy atom. The smallest absolute Gasteiger partial charge is 0.0284 e. The van der Waals surface area contributed by atoms with Gasteiger partial charge in [-0.3, -0.25) is 0 Å². The normalized spacial score (nSPS) is 11.3. The molecule has 0 spiro atoms. The van der Waals surface area contributed by atoms with Crippen LogP contribution in [-0.4, -0.2) is 11.0 Å². The van der Waals surface area contributed by atoms with Crippen molar-refractivity contribution >= 4 is 26.3 Å². The van der Waals surface area contributed by atoms with E-state index in [0.29, 0.717) is 0 Å². The third-order valence-electron chi connectivity index (χ3n) is 2.16. The lowest BCUT2D eigenvalue weighted by atomic mass is 9.87. The molecular weight excluding hydrogens is 195 g/mol. The van der Waals surface area contributed by atoms with Crippen molar-refractivity contribution in [1.82, 2.24) is 0 Å². The summed E-state index contributed by atoms with van der Waals surface area (Å²) >= 11 is 5.44. The van der Waals surface area contributed by atoms with Crippen molar-refractivity contribution in [3.8, 4) is 0 Å². The Labute approximate surface area is 87.9 Å². The number of hydrogen-bond donors (Lipinski definition) is 0. The maximum Gasteiger partial charge on any atom is 0.0284 e. The van der Waals surface area contributed by atoms with Gasteiger partial charge in [-0.2, -0.15) is 0 Å². The number of rotatable bonds is 3. The summed E-state index contributed by atoms with van der Waals surface area (Å²) in [6.45, 7) is 4.35. The molecule has 0 nitrogen and oxygen atoms in total. The van der Waals surface area contributed by atoms with E-state index in [4.69, 9.17) is 12.2 Å². The van der Waals surface area contributed by atoms with Gasteiger partial charge in [0.05, 0.1) is 0 Å². The lowest BCUT2D eigenvalue weighted by molar-refractivity contribution is 0.614. The molecule has 0 fully saturated rings. The molecule has 0 bridgehead atoms. The Morgan fingerprint density at radius 3 is 2.31 bits per heavy atom. The molecule has 70 valence electrons. The Kier molecular flexibility index (Phi) is 3.58. The predicted molar refractivity (Wildman–Crippen MR) is 66.5 cm³/mol. The molecule has 0 heterocycles. The Morgan fingerprint density at radius 2 is 1.85 bits per heavy atom. The quantitative estimate of drug-likeness (QED) is 0.419. The molecule has 1 aromatic carbocycles. The van der Waals surface area contributed by atoms with Crippen LogP contribution in [0.1, 0.15) is 19.4 Å². The van der Waals surface area contributed by atoms with Crippen LogP contribution in [0.4, 0.5) is 0 Å². The molecule has 13 heavy (non-hydrogen) atoms. The van der Waals surface area contributed by atoms with Gasteiger partial charge < -0.3 is 0 Å². The standard InChI is InChI=1S/C11H15PS/c1-11(2,8-12)10(13)9-6-4-3-5-7-9/h3-7H,8,12H2,1-2H3. The van der Waals surface area contributed by atoms with Gasteiger partial charge in [0.25, 0.3) is 0 Å². The molecule has 0 amide bonds. The van der Waals surface area contributed by atoms with Crippen molar-refractivity contribution in [1.29, 1.82) is 0 Å². The zero-order valence-corrected chi connectivity index (χ0v) is 10.1. The maximum atomic E-state index is 5.44. The van der Waals surface area contributed by atoms with Crippen LogP contribution in [0, 0.1) is 5.41 Å². The molecule has 1 aromatic rings. The van der Waals surface area contributed by atoms with E-state index >= 15 is 0 Å². The molecular formula is C11H15PS. The van der Waals surface area contributed by atoms with Crippen LogP contribution in [0.25, 0.3) is 0 Å². The van der Waals surface area contributed by atoms with Gasteiger partial charge in [0.2, 0.25) is 0 Å². The molecule has 1 unspecified atom stereocenters. The van der Waals surface area contributed by atoms with Crippen LogP contribution < -0.4 is 0 Å². The second kappa shape index (κ2) is 4.30. The zero-order valence-electron chi connectivity index (χ0n) is 8.08. The van der Waals surface area contributed by atoms with Crippen molar-refractivity contribution in [3.05, 3.63) is 35.9 Å². The predicted octanol–water partition coefficient (Wildman–Crippen LogP) is 3.31. The lowest BCUT2D eigenvalue weighted by Gasteiger charge is -2.23. The molecule has 0 aliphatic rings. The largest absolute Gasteiger partial charge is 0.137 e. The van der Waals surface area contributed by atoms with E-state index in [9.17, 15) is 0 Å². The van der Waals surface area contributed by atoms with Crippen molar-refractivity contribution < 1.29 is 0 Å². The number of thiocarbonyl (C=S) groups is 1. The van der Waals surface area contributed by atoms with Crippen molar-refractivity contribution in [2.24, 2.45) is 5.41 Å². The summed E-state index contributed by atoms with van der Waals surface area (Å²) in [7, 11) is 2.76. The average Bonchev–Trinajstić information content (AvgIpc) is 2.18. The first-order chi connectivity index (χ1) is 6.08. The third-order valence-corrected chi connectivity index (χ3v) is 3.97. The SMILES string of the molecule is CC(C)(CP)C(=S)c1ccccc1. The minimum Gasteiger partial charge on any atom is -0.137 e. The lowest BCUT2D eigenvalue weighted by Crippen LogP contribution is -2.24. The molecule has 0 saturated heterocycles. The molecule has 0 N–H and O–H groups in total. The highest BCUT2D eigenvalue weighted by Gasteiger charge is 2.21. The highest BCUT2D eigenvalue weighted by Crippen LogP contribution is 2.25. The van der Waals surface area contributed by atoms with Crippen LogP contribution in [-0.2, 0) is 0 Å². The van der Waals surface area contributed by atoms with Crippen LogP contribution in [0.3, 0.4) is 0 Å². The van der Waals surface area contributed by atoms with Gasteiger partial charge in [-0.15, -0.1) is 9.24 Å². The molecule has 1 rings (SSSR count). The number of hydrogen-bond acceptors (Lipinski definition) is 1. The summed E-state index contributed by atoms with van der Waals surface area (Å²) in [6, 6.07) is 10.2. The summed E-state index contributed by atoms with van der Waals surface area (Å²) in [6.07, 6.45) is 1.00. The van der Waals surface area contributed by atoms with Gasteiger partial charge in [0.1, 0.15) is 0 Å². The van der Waals surface area contributed by atoms with E-state index < -0.39 is 0 Å². The second-order valence-electron chi connectivity index (χ2n) is 3.78. The molecule has 0 saturated carbocycles. The summed E-state index contributed by atoms with van der Waals surface area (Å²) in [5.74, 6) is 0. The monoisotopic (exact) mass is 210 g/mol. The Hall–Kier alpha value is -0.260. The van der Waals surface area contributed by atoms with Gasteiger partial charge in [-0.25, -0.2) is 0 Å². The molecule has 0 radical (unpaired) electrons. The van der Waals surface area contributed by atoms with E-state index in [1.807, 2.05) is 18.2 Å². The Bertz CT molecular complexity index is 290. The first-order valence-corrected chi connectivity index (χ1v) is 5.60. The fourth-order valence-electron chi connectivity index (χ4n) is 1.07. The van der Waals surface area contributed by atoms with Gasteiger partial charge in [0.15, 0.2) is 0 Å². The molecule has 0 aliphatic carbocycles. The van der Waals surface area contributed by atoms with Gasteiger partial charge in [-0.05, 0) is 11.7 Å². The summed E-state index contributed by atoms with van der Waals surface area (Å²) in [5, 5.41) is 0. The van der Waals surface area contributed by atoms with Crippen LogP contribution in [0.15, 0.2) is 30.3 Å². The van der Waals surface area contributed by atoms with Crippen molar-refractivity contribution in [3.63, 3.8) is 0 Å². The van der Waals surface area contributed by atoms with Crippen LogP contribution in [0.2, 0.25) is 0 Å². The van der Waals surface area contributed by atoms with Gasteiger partial charge in [0, 0.05) is 10.3 Å². The fourth-order valence-corrected chi connectivity index (χ4v) is 1.64. The highest BCUT2D eigenvalue weighted by molar-refractivity contribution is 7.81. The summed E-state index contributed by atoms with van der Waals surface area (Å²) < 4.78 is 0. The topological polar surface area (TPSA) is 0 Å². The minimum absolute atomic E-state index is 0.0986. The van der Waals surface area contributed by atoms with Gasteiger partial charge in [-0.1, -0.05) is 56.4 Å². The molecule has 0 aliphatic heterocycles. The van der Waals surface area contributed by atoms with Crippen molar-refractivity contribution in [2.75, 3.05) is 6.16 Å². The van der Waals surface area contributed by atoms with E-state index in [2.05, 4.69) is 35.2 Å². The van der Waals surface area contributed by atoms with E-state index in [1.54, 1.807) is 0 Å². The van der Waals surface area contributed by atoms with Crippen LogP contribution in [0.5, 0.6) is 0 Å². The zero-order chi connectivity index (χ0) is 9.90. The van der Waals surface area contributed by atoms with E-state index in [-0.39, 0.29) is 5.41 Å². The fraction of sp³-hybridized carbons (Fsp3) is 0.364. The average molecular weight is 210 g/mol. The molecule has 2 heteroatoms. The molecule has 1 atom stereocenters. The first kappa shape index (κ1) is 10.8. The summed E-state index contributed by atoms with van der Waals surface area (Å²) in [5.41, 5.74) is 1.27. The van der Waals surface area contributed by atoms with Crippen LogP contribution >= 0.6 is 21.5 Å². The van der Waals surface area contributed by atoms with E-state index in [1.165, 1.54) is 5.56 Å². The first-order valence-electron chi connectivity index (χ1n) is 4.38.